The molecule has 0 saturated carbocycles. The summed E-state index contributed by atoms with van der Waals surface area (Å²) in [6.45, 7) is 0. The number of hydrogen-bond donors (Lipinski definition) is 1. The van der Waals surface area contributed by atoms with E-state index >= 15 is 0 Å². The van der Waals surface area contributed by atoms with Crippen LogP contribution in [0, 0.1) is 0 Å². The van der Waals surface area contributed by atoms with Gasteiger partial charge in [0.05, 0.1) is 0 Å². The van der Waals surface area contributed by atoms with E-state index in [0.29, 0.717) is 0 Å². The maximum absolute atomic E-state index is 9.64. The molecule has 1 aromatic rings. The van der Waals surface area contributed by atoms with Gasteiger partial charge in [-0.3, -0.25) is 0 Å². The van der Waals surface area contributed by atoms with E-state index in [4.69, 9.17) is 0 Å². The highest BCUT2D eigenvalue weighted by Gasteiger charge is 2.30. The molecule has 1 aliphatic heterocycles. The summed E-state index contributed by atoms with van der Waals surface area (Å²) in [5.41, 5.74) is 0.991. The predicted octanol–water partition coefficient (Wildman–Crippen LogP) is 0.438. The van der Waals surface area contributed by atoms with E-state index in [9.17, 15) is 5.02 Å². The monoisotopic (exact) mass is 244 g/mol. The Bertz CT molecular complexity index is 340. The van der Waals surface area contributed by atoms with Gasteiger partial charge in [-0.1, -0.05) is 0 Å². The zero-order chi connectivity index (χ0) is 8.72. The average molecular weight is 245 g/mol. The lowest BCUT2D eigenvalue weighted by molar-refractivity contribution is 0.443. The lowest BCUT2D eigenvalue weighted by Gasteiger charge is -2.21. The molecule has 2 rings (SSSR count). The summed E-state index contributed by atoms with van der Waals surface area (Å²) in [6.07, 6.45) is 0. The summed E-state index contributed by atoms with van der Waals surface area (Å²) in [5, 5.41) is 15.7. The van der Waals surface area contributed by atoms with Gasteiger partial charge in [-0.05, 0) is 27.4 Å². The summed E-state index contributed by atoms with van der Waals surface area (Å²) in [7, 11) is 1.15. The van der Waals surface area contributed by atoms with Crippen molar-refractivity contribution < 1.29 is 5.02 Å². The Hall–Kier alpha value is -0.325. The zero-order valence-corrected chi connectivity index (χ0v) is 8.76. The maximum atomic E-state index is 9.64. The molecule has 0 aromatic carbocycles. The molecule has 1 aliphatic rings. The van der Waals surface area contributed by atoms with Crippen molar-refractivity contribution in [2.45, 2.75) is 0 Å². The van der Waals surface area contributed by atoms with Crippen molar-refractivity contribution in [1.29, 1.82) is 0 Å². The first-order valence-corrected chi connectivity index (χ1v) is 5.10. The molecule has 2 heterocycles. The van der Waals surface area contributed by atoms with E-state index < -0.39 is 7.05 Å². The number of hydrazone groups is 1. The molecule has 0 fully saturated rings. The van der Waals surface area contributed by atoms with E-state index in [-0.39, 0.29) is 0 Å². The first-order valence-electron chi connectivity index (χ1n) is 3.43. The smallest absolute Gasteiger partial charge is 0.427 e. The topological polar surface area (TPSA) is 35.8 Å². The van der Waals surface area contributed by atoms with Crippen LogP contribution in [0.5, 0.6) is 0 Å². The quantitative estimate of drug-likeness (QED) is 0.673. The lowest BCUT2D eigenvalue weighted by Crippen LogP contribution is -2.47. The molecule has 0 atom stereocenters. The van der Waals surface area contributed by atoms with Crippen LogP contribution in [0.15, 0.2) is 16.5 Å². The van der Waals surface area contributed by atoms with Crippen LogP contribution in [-0.2, 0) is 0 Å². The van der Waals surface area contributed by atoms with Crippen molar-refractivity contribution in [1.82, 2.24) is 4.92 Å². The molecular formula is C6H6BBrN2OS. The highest BCUT2D eigenvalue weighted by atomic mass is 79.9. The Labute approximate surface area is 83.0 Å². The highest BCUT2D eigenvalue weighted by Crippen LogP contribution is 2.16. The van der Waals surface area contributed by atoms with Crippen molar-refractivity contribution in [2.75, 3.05) is 7.05 Å². The molecule has 62 valence electrons. The Morgan fingerprint density at radius 1 is 1.75 bits per heavy atom. The number of rotatable bonds is 0. The summed E-state index contributed by atoms with van der Waals surface area (Å²) in [4.78, 5) is 1.53. The van der Waals surface area contributed by atoms with Crippen LogP contribution in [0.3, 0.4) is 0 Å². The minimum absolute atomic E-state index is 0.596. The van der Waals surface area contributed by atoms with Gasteiger partial charge in [-0.25, -0.2) is 0 Å². The van der Waals surface area contributed by atoms with Crippen LogP contribution in [-0.4, -0.2) is 28.7 Å². The van der Waals surface area contributed by atoms with Gasteiger partial charge in [0.15, 0.2) is 0 Å². The number of fused-ring (bicyclic) bond motifs is 1. The van der Waals surface area contributed by atoms with Crippen LogP contribution in [0.1, 0.15) is 5.56 Å². The van der Waals surface area contributed by atoms with Crippen LogP contribution in [0.25, 0.3) is 0 Å². The predicted molar refractivity (Wildman–Crippen MR) is 55.2 cm³/mol. The third-order valence-electron chi connectivity index (χ3n) is 1.75. The SMILES string of the molecule is CN1N=C(Br)c2ccsc2B1O. The Kier molecular flexibility index (Phi) is 1.98. The largest absolute Gasteiger partial charge is 0.477 e. The lowest BCUT2D eigenvalue weighted by atomic mass is 9.78. The summed E-state index contributed by atoms with van der Waals surface area (Å²) in [6, 6.07) is 1.95. The second-order valence-corrected chi connectivity index (χ2v) is 4.24. The number of hydrogen-bond acceptors (Lipinski definition) is 4. The van der Waals surface area contributed by atoms with Gasteiger partial charge in [0.1, 0.15) is 4.62 Å². The molecule has 0 aliphatic carbocycles. The number of thiophene rings is 1. The third-order valence-corrected chi connectivity index (χ3v) is 3.29. The van der Waals surface area contributed by atoms with Gasteiger partial charge in [0.2, 0.25) is 0 Å². The van der Waals surface area contributed by atoms with Crippen molar-refractivity contribution in [3.8, 4) is 0 Å². The molecule has 0 radical (unpaired) electrons. The van der Waals surface area contributed by atoms with E-state index in [1.54, 1.807) is 7.05 Å². The van der Waals surface area contributed by atoms with Crippen LogP contribution in [0.4, 0.5) is 0 Å². The number of nitrogens with zero attached hydrogens (tertiary/aromatic N) is 2. The van der Waals surface area contributed by atoms with E-state index in [1.807, 2.05) is 11.4 Å². The van der Waals surface area contributed by atoms with Gasteiger partial charge in [-0.15, -0.1) is 0 Å². The Morgan fingerprint density at radius 3 is 3.25 bits per heavy atom. The van der Waals surface area contributed by atoms with Gasteiger partial charge in [0.25, 0.3) is 0 Å². The average Bonchev–Trinajstić information content (AvgIpc) is 2.48. The highest BCUT2D eigenvalue weighted by molar-refractivity contribution is 9.18. The van der Waals surface area contributed by atoms with Crippen molar-refractivity contribution in [3.05, 3.63) is 17.0 Å². The molecule has 0 spiro atoms. The van der Waals surface area contributed by atoms with Gasteiger partial charge >= 0.3 is 7.05 Å². The van der Waals surface area contributed by atoms with Crippen molar-refractivity contribution in [3.63, 3.8) is 0 Å². The molecule has 1 N–H and O–H groups in total. The van der Waals surface area contributed by atoms with Gasteiger partial charge in [-0.2, -0.15) is 16.4 Å². The fourth-order valence-corrected chi connectivity index (χ4v) is 2.75. The fraction of sp³-hybridized carbons (Fsp3) is 0.167. The van der Waals surface area contributed by atoms with Gasteiger partial charge in [0, 0.05) is 17.4 Å². The first kappa shape index (κ1) is 8.28. The fourth-order valence-electron chi connectivity index (χ4n) is 1.11. The molecule has 0 unspecified atom stereocenters. The summed E-state index contributed by atoms with van der Waals surface area (Å²) >= 11 is 4.88. The first-order chi connectivity index (χ1) is 5.70. The molecule has 0 bridgehead atoms. The van der Waals surface area contributed by atoms with Crippen LogP contribution in [0.2, 0.25) is 0 Å². The van der Waals surface area contributed by atoms with E-state index in [0.717, 1.165) is 15.0 Å². The standard InChI is InChI=1S/C6H6BBrN2OS/c1-10-7(11)5-4(2-3-12-5)6(8)9-10/h2-3,11H,1H3. The Morgan fingerprint density at radius 2 is 2.50 bits per heavy atom. The normalized spacial score (nSPS) is 16.1. The zero-order valence-electron chi connectivity index (χ0n) is 6.36. The molecule has 0 amide bonds. The minimum Gasteiger partial charge on any atom is -0.427 e. The molecule has 1 aromatic heterocycles. The van der Waals surface area contributed by atoms with Crippen molar-refractivity contribution in [2.24, 2.45) is 5.10 Å². The molecule has 6 heteroatoms. The van der Waals surface area contributed by atoms with E-state index in [1.165, 1.54) is 16.3 Å². The second kappa shape index (κ2) is 2.87. The van der Waals surface area contributed by atoms with E-state index in [2.05, 4.69) is 21.0 Å². The second-order valence-electron chi connectivity index (χ2n) is 2.54. The van der Waals surface area contributed by atoms with Crippen molar-refractivity contribution >= 4 is 43.7 Å². The summed E-state index contributed by atoms with van der Waals surface area (Å²) < 4.78 is 1.73. The molecule has 12 heavy (non-hydrogen) atoms. The molecule has 3 nitrogen and oxygen atoms in total. The summed E-state index contributed by atoms with van der Waals surface area (Å²) in [5.74, 6) is 0. The number of halogens is 1. The Balaban J connectivity index is 2.54. The van der Waals surface area contributed by atoms with Gasteiger partial charge < -0.3 is 9.94 Å². The van der Waals surface area contributed by atoms with Crippen LogP contribution >= 0.6 is 27.3 Å². The minimum atomic E-state index is -0.596. The molecular weight excluding hydrogens is 239 g/mol. The third kappa shape index (κ3) is 1.10. The molecule has 0 saturated heterocycles. The van der Waals surface area contributed by atoms with Crippen LogP contribution < -0.4 is 4.78 Å². The maximum Gasteiger partial charge on any atom is 0.477 e.